The highest BCUT2D eigenvalue weighted by molar-refractivity contribution is 6.17. The van der Waals surface area contributed by atoms with Gasteiger partial charge < -0.3 is 4.90 Å². The second-order valence-corrected chi connectivity index (χ2v) is 12.8. The molecule has 0 unspecified atom stereocenters. The Balaban J connectivity index is 1.06. The molecule has 0 spiro atoms. The monoisotopic (exact) mass is 613 g/mol. The van der Waals surface area contributed by atoms with Gasteiger partial charge in [-0.1, -0.05) is 117 Å². The fourth-order valence-electron chi connectivity index (χ4n) is 7.61. The molecule has 0 N–H and O–H groups in total. The van der Waals surface area contributed by atoms with E-state index in [0.717, 1.165) is 49.8 Å². The van der Waals surface area contributed by atoms with Gasteiger partial charge in [-0.05, 0) is 63.0 Å². The zero-order chi connectivity index (χ0) is 32.6. The van der Waals surface area contributed by atoms with E-state index in [-0.39, 0.29) is 16.8 Å². The Bertz CT molecular complexity index is 2450. The molecule has 0 fully saturated rings. The molecule has 0 bridgehead atoms. The maximum absolute atomic E-state index is 9.55. The smallest absolute Gasteiger partial charge is 0.177 e. The third kappa shape index (κ3) is 3.89. The van der Waals surface area contributed by atoms with E-state index < -0.39 is 0 Å². The van der Waals surface area contributed by atoms with Gasteiger partial charge in [-0.2, -0.15) is 10.5 Å². The van der Waals surface area contributed by atoms with Crippen molar-refractivity contribution in [3.05, 3.63) is 150 Å². The lowest BCUT2D eigenvalue weighted by molar-refractivity contribution is 0.632. The highest BCUT2D eigenvalue weighted by atomic mass is 15.2. The molecular weight excluding hydrogens is 587 g/mol. The number of anilines is 3. The summed E-state index contributed by atoms with van der Waals surface area (Å²) in [5.74, 6) is 0. The van der Waals surface area contributed by atoms with Crippen molar-refractivity contribution in [2.45, 2.75) is 19.3 Å². The standard InChI is InChI=1S/C43H27N5/c1-43(2)34-10-3-5-12-38(34)48(39-13-6-4-11-35(39)43)29-20-18-27(19-21-29)26-14-16-28(17-15-26)30-22-23-33-40-31(30)8-7-9-32(40)41-42(33)47-37(25-45)36(24-44)46-41/h3-23H,1-2H3. The molecule has 0 saturated heterocycles. The first-order chi connectivity index (χ1) is 23.5. The summed E-state index contributed by atoms with van der Waals surface area (Å²) in [7, 11) is 0. The van der Waals surface area contributed by atoms with E-state index in [1.807, 2.05) is 24.3 Å². The normalized spacial score (nSPS) is 13.3. The van der Waals surface area contributed by atoms with Gasteiger partial charge in [0.05, 0.1) is 22.8 Å². The number of para-hydroxylation sites is 2. The fraction of sp³-hybridized carbons (Fsp3) is 0.0698. The van der Waals surface area contributed by atoms with Gasteiger partial charge in [0.1, 0.15) is 12.1 Å². The number of fused-ring (bicyclic) bond motifs is 5. The van der Waals surface area contributed by atoms with E-state index in [1.165, 1.54) is 22.5 Å². The largest absolute Gasteiger partial charge is 0.310 e. The van der Waals surface area contributed by atoms with Gasteiger partial charge >= 0.3 is 0 Å². The summed E-state index contributed by atoms with van der Waals surface area (Å²) in [6, 6.07) is 49.3. The average Bonchev–Trinajstić information content (AvgIpc) is 3.45. The highest BCUT2D eigenvalue weighted by Gasteiger charge is 2.36. The maximum Gasteiger partial charge on any atom is 0.177 e. The van der Waals surface area contributed by atoms with Crippen molar-refractivity contribution in [1.29, 1.82) is 10.5 Å². The second kappa shape index (κ2) is 10.2. The lowest BCUT2D eigenvalue weighted by Crippen LogP contribution is -2.30. The molecule has 0 radical (unpaired) electrons. The molecular formula is C43H27N5. The molecule has 0 saturated carbocycles. The Morgan fingerprint density at radius 2 is 1.02 bits per heavy atom. The minimum Gasteiger partial charge on any atom is -0.310 e. The van der Waals surface area contributed by atoms with Crippen LogP contribution in [-0.2, 0) is 5.41 Å². The lowest BCUT2D eigenvalue weighted by Gasteiger charge is -2.42. The number of hydrogen-bond acceptors (Lipinski definition) is 5. The predicted molar refractivity (Wildman–Crippen MR) is 191 cm³/mol. The first-order valence-corrected chi connectivity index (χ1v) is 16.0. The van der Waals surface area contributed by atoms with Crippen molar-refractivity contribution in [3.63, 3.8) is 0 Å². The van der Waals surface area contributed by atoms with E-state index in [1.54, 1.807) is 0 Å². The lowest BCUT2D eigenvalue weighted by atomic mass is 9.73. The van der Waals surface area contributed by atoms with E-state index in [0.29, 0.717) is 11.4 Å². The van der Waals surface area contributed by atoms with Crippen LogP contribution in [0.2, 0.25) is 0 Å². The zero-order valence-corrected chi connectivity index (χ0v) is 26.4. The number of nitriles is 2. The Labute approximate surface area is 278 Å². The summed E-state index contributed by atoms with van der Waals surface area (Å²) in [5, 5.41) is 21.2. The summed E-state index contributed by atoms with van der Waals surface area (Å²) in [5.41, 5.74) is 13.9. The molecule has 6 aromatic carbocycles. The third-order valence-electron chi connectivity index (χ3n) is 9.95. The Kier molecular flexibility index (Phi) is 5.91. The molecule has 0 atom stereocenters. The van der Waals surface area contributed by atoms with Crippen molar-refractivity contribution in [2.24, 2.45) is 0 Å². The van der Waals surface area contributed by atoms with Crippen LogP contribution in [0.4, 0.5) is 17.1 Å². The Hall–Kier alpha value is -6.56. The van der Waals surface area contributed by atoms with Crippen molar-refractivity contribution in [1.82, 2.24) is 9.97 Å². The number of aromatic nitrogens is 2. The van der Waals surface area contributed by atoms with E-state index in [9.17, 15) is 10.5 Å². The second-order valence-electron chi connectivity index (χ2n) is 12.8. The molecule has 2 heterocycles. The zero-order valence-electron chi connectivity index (χ0n) is 26.4. The molecule has 2 aliphatic rings. The van der Waals surface area contributed by atoms with E-state index in [2.05, 4.69) is 144 Å². The van der Waals surface area contributed by atoms with Gasteiger partial charge in [0.2, 0.25) is 0 Å². The van der Waals surface area contributed by atoms with Gasteiger partial charge in [0.25, 0.3) is 0 Å². The average molecular weight is 614 g/mol. The van der Waals surface area contributed by atoms with Gasteiger partial charge in [-0.25, -0.2) is 9.97 Å². The topological polar surface area (TPSA) is 76.6 Å². The highest BCUT2D eigenvalue weighted by Crippen LogP contribution is 2.52. The minimum atomic E-state index is -0.0874. The fourth-order valence-corrected chi connectivity index (χ4v) is 7.61. The van der Waals surface area contributed by atoms with Crippen LogP contribution in [0.15, 0.2) is 127 Å². The van der Waals surface area contributed by atoms with Gasteiger partial charge in [-0.3, -0.25) is 0 Å². The summed E-state index contributed by atoms with van der Waals surface area (Å²) in [6.45, 7) is 4.62. The van der Waals surface area contributed by atoms with Crippen LogP contribution in [0.1, 0.15) is 36.4 Å². The van der Waals surface area contributed by atoms with Crippen LogP contribution in [-0.4, -0.2) is 9.97 Å². The molecule has 7 aromatic rings. The number of hydrogen-bond donors (Lipinski definition) is 0. The number of nitrogens with zero attached hydrogens (tertiary/aromatic N) is 5. The summed E-state index contributed by atoms with van der Waals surface area (Å²) in [6.07, 6.45) is 0. The van der Waals surface area contributed by atoms with E-state index in [4.69, 9.17) is 0 Å². The van der Waals surface area contributed by atoms with Gasteiger partial charge in [-0.15, -0.1) is 0 Å². The summed E-state index contributed by atoms with van der Waals surface area (Å²) >= 11 is 0. The Morgan fingerprint density at radius 3 is 1.60 bits per heavy atom. The van der Waals surface area contributed by atoms with Gasteiger partial charge in [0.15, 0.2) is 11.4 Å². The van der Waals surface area contributed by atoms with Crippen LogP contribution in [0.3, 0.4) is 0 Å². The summed E-state index contributed by atoms with van der Waals surface area (Å²) < 4.78 is 0. The van der Waals surface area contributed by atoms with Crippen LogP contribution in [0, 0.1) is 22.7 Å². The molecule has 9 rings (SSSR count). The molecule has 48 heavy (non-hydrogen) atoms. The van der Waals surface area contributed by atoms with Crippen molar-refractivity contribution in [2.75, 3.05) is 4.90 Å². The number of benzene rings is 6. The molecule has 5 nitrogen and oxygen atoms in total. The molecule has 224 valence electrons. The SMILES string of the molecule is CC1(C)c2ccccc2N(c2ccc(-c3ccc(-c4ccc5c6c(cccc46)-c4nc(C#N)c(C#N)nc4-5)cc3)cc2)c2ccccc21. The van der Waals surface area contributed by atoms with E-state index >= 15 is 0 Å². The third-order valence-corrected chi connectivity index (χ3v) is 9.95. The minimum absolute atomic E-state index is 0.0550. The Morgan fingerprint density at radius 1 is 0.521 bits per heavy atom. The molecule has 0 amide bonds. The summed E-state index contributed by atoms with van der Waals surface area (Å²) in [4.78, 5) is 11.5. The van der Waals surface area contributed by atoms with Crippen LogP contribution >= 0.6 is 0 Å². The molecule has 1 aromatic heterocycles. The van der Waals surface area contributed by atoms with Crippen molar-refractivity contribution < 1.29 is 0 Å². The number of rotatable bonds is 3. The first kappa shape index (κ1) is 27.7. The molecule has 5 heteroatoms. The molecule has 1 aliphatic carbocycles. The van der Waals surface area contributed by atoms with Crippen LogP contribution < -0.4 is 4.90 Å². The van der Waals surface area contributed by atoms with Crippen LogP contribution in [0.25, 0.3) is 55.5 Å². The van der Waals surface area contributed by atoms with Crippen molar-refractivity contribution >= 4 is 27.8 Å². The van der Waals surface area contributed by atoms with Crippen molar-refractivity contribution in [3.8, 4) is 56.9 Å². The maximum atomic E-state index is 9.55. The van der Waals surface area contributed by atoms with Crippen LogP contribution in [0.5, 0.6) is 0 Å². The quantitative estimate of drug-likeness (QED) is 0.198. The first-order valence-electron chi connectivity index (χ1n) is 16.0. The predicted octanol–water partition coefficient (Wildman–Crippen LogP) is 10.5. The van der Waals surface area contributed by atoms with Gasteiger partial charge in [0, 0.05) is 27.6 Å². The molecule has 1 aliphatic heterocycles.